The zero-order valence-corrected chi connectivity index (χ0v) is 18.9. The molecule has 1 N–H and O–H groups in total. The summed E-state index contributed by atoms with van der Waals surface area (Å²) in [5, 5.41) is 2.79. The van der Waals surface area contributed by atoms with Crippen molar-refractivity contribution in [3.8, 4) is 5.75 Å². The van der Waals surface area contributed by atoms with Crippen molar-refractivity contribution in [3.63, 3.8) is 0 Å². The highest BCUT2D eigenvalue weighted by Gasteiger charge is 2.19. The zero-order valence-electron chi connectivity index (χ0n) is 18.9. The van der Waals surface area contributed by atoms with E-state index in [1.54, 1.807) is 24.3 Å². The molecule has 0 aliphatic rings. The second kappa shape index (κ2) is 10.3. The van der Waals surface area contributed by atoms with Gasteiger partial charge in [-0.15, -0.1) is 0 Å². The van der Waals surface area contributed by atoms with Crippen molar-refractivity contribution in [2.24, 2.45) is 5.92 Å². The normalized spacial score (nSPS) is 11.3. The smallest absolute Gasteiger partial charge is 0.338 e. The van der Waals surface area contributed by atoms with E-state index >= 15 is 0 Å². The van der Waals surface area contributed by atoms with Gasteiger partial charge in [-0.3, -0.25) is 4.79 Å². The number of anilines is 1. The predicted octanol–water partition coefficient (Wildman–Crippen LogP) is 5.51. The molecule has 2 aromatic carbocycles. The van der Waals surface area contributed by atoms with Gasteiger partial charge in [-0.2, -0.15) is 0 Å². The van der Waals surface area contributed by atoms with E-state index in [2.05, 4.69) is 46.0 Å². The maximum absolute atomic E-state index is 12.3. The molecule has 0 spiro atoms. The van der Waals surface area contributed by atoms with E-state index in [0.717, 1.165) is 17.5 Å². The first-order valence-corrected chi connectivity index (χ1v) is 10.4. The molecule has 2 rings (SSSR count). The van der Waals surface area contributed by atoms with Crippen LogP contribution in [-0.2, 0) is 14.9 Å². The molecular formula is C25H33NO4. The lowest BCUT2D eigenvalue weighted by molar-refractivity contribution is -0.118. The van der Waals surface area contributed by atoms with Gasteiger partial charge in [-0.05, 0) is 60.6 Å². The van der Waals surface area contributed by atoms with Gasteiger partial charge in [0.05, 0.1) is 12.2 Å². The van der Waals surface area contributed by atoms with E-state index in [0.29, 0.717) is 29.5 Å². The Hall–Kier alpha value is -2.82. The van der Waals surface area contributed by atoms with Gasteiger partial charge in [0.25, 0.3) is 5.91 Å². The predicted molar refractivity (Wildman–Crippen MR) is 120 cm³/mol. The molecule has 2 aromatic rings. The summed E-state index contributed by atoms with van der Waals surface area (Å²) in [7, 11) is 0. The van der Waals surface area contributed by atoms with Gasteiger partial charge >= 0.3 is 5.97 Å². The molecule has 1 amide bonds. The lowest BCUT2D eigenvalue weighted by Gasteiger charge is -2.23. The summed E-state index contributed by atoms with van der Waals surface area (Å²) in [5.74, 6) is 0.577. The number of esters is 1. The second-order valence-corrected chi connectivity index (χ2v) is 8.98. The number of rotatable bonds is 8. The Bertz CT molecular complexity index is 864. The molecule has 0 saturated heterocycles. The van der Waals surface area contributed by atoms with Crippen molar-refractivity contribution in [1.29, 1.82) is 0 Å². The van der Waals surface area contributed by atoms with Crippen LogP contribution in [0.3, 0.4) is 0 Å². The van der Waals surface area contributed by atoms with Crippen LogP contribution >= 0.6 is 0 Å². The molecule has 0 bridgehead atoms. The van der Waals surface area contributed by atoms with Crippen LogP contribution in [0.4, 0.5) is 5.69 Å². The molecular weight excluding hydrogens is 378 g/mol. The zero-order chi connectivity index (χ0) is 22.3. The maximum Gasteiger partial charge on any atom is 0.338 e. The summed E-state index contributed by atoms with van der Waals surface area (Å²) in [6, 6.07) is 12.6. The van der Waals surface area contributed by atoms with Gasteiger partial charge in [0.2, 0.25) is 0 Å². The van der Waals surface area contributed by atoms with Gasteiger partial charge in [0.1, 0.15) is 5.75 Å². The summed E-state index contributed by atoms with van der Waals surface area (Å²) in [6.45, 7) is 12.9. The van der Waals surface area contributed by atoms with E-state index in [4.69, 9.17) is 9.47 Å². The van der Waals surface area contributed by atoms with Crippen molar-refractivity contribution in [2.75, 3.05) is 18.5 Å². The maximum atomic E-state index is 12.3. The van der Waals surface area contributed by atoms with Crippen LogP contribution in [0, 0.1) is 12.8 Å². The van der Waals surface area contributed by atoms with Crippen LogP contribution in [0.15, 0.2) is 42.5 Å². The molecule has 5 heteroatoms. The number of benzene rings is 2. The van der Waals surface area contributed by atoms with E-state index in [1.807, 2.05) is 19.1 Å². The van der Waals surface area contributed by atoms with Crippen molar-refractivity contribution in [2.45, 2.75) is 53.4 Å². The molecule has 0 radical (unpaired) electrons. The second-order valence-electron chi connectivity index (χ2n) is 8.98. The van der Waals surface area contributed by atoms with Gasteiger partial charge < -0.3 is 14.8 Å². The standard InChI is InChI=1S/C25H33NO4/c1-17(2)13-14-29-24(28)19-8-10-20(11-9-19)26-23(27)16-30-22-12-7-18(3)15-21(22)25(4,5)6/h7-12,15,17H,13-14,16H2,1-6H3,(H,26,27). The quantitative estimate of drug-likeness (QED) is 0.582. The first kappa shape index (κ1) is 23.5. The molecule has 162 valence electrons. The summed E-state index contributed by atoms with van der Waals surface area (Å²) >= 11 is 0. The van der Waals surface area contributed by atoms with Crippen LogP contribution in [0.5, 0.6) is 5.75 Å². The van der Waals surface area contributed by atoms with E-state index in [-0.39, 0.29) is 23.9 Å². The Morgan fingerprint density at radius 2 is 1.70 bits per heavy atom. The van der Waals surface area contributed by atoms with Crippen LogP contribution in [0.1, 0.15) is 62.5 Å². The Kier molecular flexibility index (Phi) is 8.04. The summed E-state index contributed by atoms with van der Waals surface area (Å²) in [6.07, 6.45) is 0.831. The molecule has 0 fully saturated rings. The van der Waals surface area contributed by atoms with Gasteiger partial charge in [-0.25, -0.2) is 4.79 Å². The van der Waals surface area contributed by atoms with Gasteiger partial charge in [-0.1, -0.05) is 52.3 Å². The minimum atomic E-state index is -0.356. The topological polar surface area (TPSA) is 64.6 Å². The van der Waals surface area contributed by atoms with Gasteiger partial charge in [0.15, 0.2) is 6.61 Å². The van der Waals surface area contributed by atoms with E-state index in [9.17, 15) is 9.59 Å². The Morgan fingerprint density at radius 3 is 2.30 bits per heavy atom. The van der Waals surface area contributed by atoms with Crippen LogP contribution < -0.4 is 10.1 Å². The van der Waals surface area contributed by atoms with Crippen molar-refractivity contribution in [3.05, 3.63) is 59.2 Å². The van der Waals surface area contributed by atoms with Crippen LogP contribution in [0.2, 0.25) is 0 Å². The summed E-state index contributed by atoms with van der Waals surface area (Å²) in [4.78, 5) is 24.3. The third-order valence-electron chi connectivity index (χ3n) is 4.63. The number of ether oxygens (including phenoxy) is 2. The number of nitrogens with one attached hydrogen (secondary N) is 1. The van der Waals surface area contributed by atoms with Gasteiger partial charge in [0, 0.05) is 5.69 Å². The van der Waals surface area contributed by atoms with Crippen LogP contribution in [0.25, 0.3) is 0 Å². The third-order valence-corrected chi connectivity index (χ3v) is 4.63. The highest BCUT2D eigenvalue weighted by atomic mass is 16.5. The SMILES string of the molecule is Cc1ccc(OCC(=O)Nc2ccc(C(=O)OCCC(C)C)cc2)c(C(C)(C)C)c1. The molecule has 0 heterocycles. The fourth-order valence-electron chi connectivity index (χ4n) is 2.86. The van der Waals surface area contributed by atoms with E-state index < -0.39 is 0 Å². The number of hydrogen-bond donors (Lipinski definition) is 1. The number of carbonyl (C=O) groups excluding carboxylic acids is 2. The summed E-state index contributed by atoms with van der Waals surface area (Å²) < 4.78 is 11.0. The molecule has 0 aliphatic carbocycles. The minimum absolute atomic E-state index is 0.0859. The number of carbonyl (C=O) groups is 2. The fraction of sp³-hybridized carbons (Fsp3) is 0.440. The lowest BCUT2D eigenvalue weighted by Crippen LogP contribution is -2.22. The highest BCUT2D eigenvalue weighted by molar-refractivity contribution is 5.93. The first-order valence-electron chi connectivity index (χ1n) is 10.4. The molecule has 0 saturated carbocycles. The Labute approximate surface area is 179 Å². The molecule has 0 unspecified atom stereocenters. The number of amides is 1. The van der Waals surface area contributed by atoms with Crippen LogP contribution in [-0.4, -0.2) is 25.1 Å². The Balaban J connectivity index is 1.91. The average Bonchev–Trinajstić information content (AvgIpc) is 2.66. The number of hydrogen-bond acceptors (Lipinski definition) is 4. The molecule has 0 aliphatic heterocycles. The largest absolute Gasteiger partial charge is 0.483 e. The van der Waals surface area contributed by atoms with Crippen molar-refractivity contribution < 1.29 is 19.1 Å². The lowest BCUT2D eigenvalue weighted by atomic mass is 9.85. The van der Waals surface area contributed by atoms with Crippen molar-refractivity contribution in [1.82, 2.24) is 0 Å². The first-order chi connectivity index (χ1) is 14.1. The third kappa shape index (κ3) is 7.21. The number of aryl methyl sites for hydroxylation is 1. The summed E-state index contributed by atoms with van der Waals surface area (Å²) in [5.41, 5.74) is 3.19. The average molecular weight is 412 g/mol. The van der Waals surface area contributed by atoms with Crippen molar-refractivity contribution >= 4 is 17.6 Å². The molecule has 0 atom stereocenters. The monoisotopic (exact) mass is 411 g/mol. The molecule has 5 nitrogen and oxygen atoms in total. The Morgan fingerprint density at radius 1 is 1.03 bits per heavy atom. The minimum Gasteiger partial charge on any atom is -0.483 e. The van der Waals surface area contributed by atoms with E-state index in [1.165, 1.54) is 0 Å². The fourth-order valence-corrected chi connectivity index (χ4v) is 2.86. The molecule has 30 heavy (non-hydrogen) atoms. The highest BCUT2D eigenvalue weighted by Crippen LogP contribution is 2.32. The molecule has 0 aromatic heterocycles.